The van der Waals surface area contributed by atoms with Gasteiger partial charge in [-0.15, -0.1) is 0 Å². The second-order valence-corrected chi connectivity index (χ2v) is 9.52. The Hall–Kier alpha value is -4.53. The van der Waals surface area contributed by atoms with E-state index in [0.29, 0.717) is 37.1 Å². The highest BCUT2D eigenvalue weighted by atomic mass is 19.4. The van der Waals surface area contributed by atoms with E-state index in [1.165, 1.54) is 11.0 Å². The molecule has 2 heterocycles. The summed E-state index contributed by atoms with van der Waals surface area (Å²) in [5.74, 6) is 0.112. The van der Waals surface area contributed by atoms with Gasteiger partial charge in [0.1, 0.15) is 17.4 Å². The maximum atomic E-state index is 13.3. The molecule has 1 atom stereocenters. The molecule has 0 aliphatic carbocycles. The van der Waals surface area contributed by atoms with Crippen molar-refractivity contribution in [1.29, 1.82) is 5.26 Å². The van der Waals surface area contributed by atoms with Gasteiger partial charge in [0.2, 0.25) is 17.8 Å². The standard InChI is InChI=1S/C28H29F3N6O3/c1-18-13-20-15-22(8-9-24(20)40-18)35-27(34-17-32)36-23-7-2-3-12-37(26(23)39)16-25(38)33-11-10-19-5-4-6-21(14-19)28(29,30)31/h4-6,8-9,13-15,23H,2-3,7,10-12,16H2,1H3,(H,33,38)(H2,34,35,36)/t23-/m0/s1. The monoisotopic (exact) mass is 554 g/mol. The first kappa shape index (κ1) is 28.5. The molecular weight excluding hydrogens is 525 g/mol. The Morgan fingerprint density at radius 2 is 2.02 bits per heavy atom. The number of furan rings is 1. The number of benzene rings is 2. The lowest BCUT2D eigenvalue weighted by atomic mass is 10.1. The fourth-order valence-corrected chi connectivity index (χ4v) is 4.54. The number of carbonyl (C=O) groups excluding carboxylic acids is 2. The number of likely N-dealkylation sites (tertiary alicyclic amines) is 1. The lowest BCUT2D eigenvalue weighted by Gasteiger charge is -2.22. The van der Waals surface area contributed by atoms with Crippen molar-refractivity contribution in [1.82, 2.24) is 15.5 Å². The van der Waals surface area contributed by atoms with Crippen LogP contribution in [-0.4, -0.2) is 48.3 Å². The van der Waals surface area contributed by atoms with Crippen molar-refractivity contribution in [3.63, 3.8) is 0 Å². The van der Waals surface area contributed by atoms with Crippen LogP contribution in [0.3, 0.4) is 0 Å². The predicted molar refractivity (Wildman–Crippen MR) is 143 cm³/mol. The molecule has 0 unspecified atom stereocenters. The summed E-state index contributed by atoms with van der Waals surface area (Å²) in [7, 11) is 0. The molecule has 40 heavy (non-hydrogen) atoms. The molecule has 3 aromatic rings. The Kier molecular flexibility index (Phi) is 8.93. The quantitative estimate of drug-likeness (QED) is 0.173. The van der Waals surface area contributed by atoms with Gasteiger partial charge in [0.15, 0.2) is 6.19 Å². The summed E-state index contributed by atoms with van der Waals surface area (Å²) in [6.07, 6.45) is -0.557. The molecule has 0 spiro atoms. The minimum atomic E-state index is -4.43. The number of aliphatic imine (C=N–C) groups is 1. The molecule has 9 nitrogen and oxygen atoms in total. The van der Waals surface area contributed by atoms with Crippen LogP contribution >= 0.6 is 0 Å². The first-order valence-electron chi connectivity index (χ1n) is 12.8. The number of nitrogens with zero attached hydrogens (tertiary/aromatic N) is 3. The lowest BCUT2D eigenvalue weighted by Crippen LogP contribution is -2.44. The highest BCUT2D eigenvalue weighted by Gasteiger charge is 2.30. The fraction of sp³-hybridized carbons (Fsp3) is 0.357. The van der Waals surface area contributed by atoms with Gasteiger partial charge in [-0.2, -0.15) is 18.4 Å². The normalized spacial score (nSPS) is 16.4. The van der Waals surface area contributed by atoms with Gasteiger partial charge in [0.05, 0.1) is 12.1 Å². The topological polar surface area (TPSA) is 123 Å². The van der Waals surface area contributed by atoms with Crippen molar-refractivity contribution < 1.29 is 27.2 Å². The van der Waals surface area contributed by atoms with Crippen LogP contribution in [0.1, 0.15) is 36.1 Å². The number of halogens is 3. The van der Waals surface area contributed by atoms with E-state index in [1.54, 1.807) is 18.2 Å². The van der Waals surface area contributed by atoms with E-state index in [-0.39, 0.29) is 31.4 Å². The Balaban J connectivity index is 1.37. The van der Waals surface area contributed by atoms with Crippen LogP contribution in [0.2, 0.25) is 0 Å². The highest BCUT2D eigenvalue weighted by Crippen LogP contribution is 2.29. The van der Waals surface area contributed by atoms with Crippen molar-refractivity contribution in [2.75, 3.05) is 25.0 Å². The van der Waals surface area contributed by atoms with E-state index in [4.69, 9.17) is 4.42 Å². The highest BCUT2D eigenvalue weighted by molar-refractivity contribution is 5.98. The van der Waals surface area contributed by atoms with Gasteiger partial charge in [0, 0.05) is 24.2 Å². The van der Waals surface area contributed by atoms with Gasteiger partial charge >= 0.3 is 6.18 Å². The minimum Gasteiger partial charge on any atom is -0.461 e. The number of hydrogen-bond acceptors (Lipinski definition) is 5. The summed E-state index contributed by atoms with van der Waals surface area (Å²) in [4.78, 5) is 31.7. The summed E-state index contributed by atoms with van der Waals surface area (Å²) in [5.41, 5.74) is 1.07. The first-order valence-corrected chi connectivity index (χ1v) is 12.8. The third-order valence-corrected chi connectivity index (χ3v) is 6.44. The molecule has 2 amide bonds. The van der Waals surface area contributed by atoms with Crippen molar-refractivity contribution in [3.05, 3.63) is 65.4 Å². The average Bonchev–Trinajstić information content (AvgIpc) is 3.19. The molecule has 0 radical (unpaired) electrons. The second kappa shape index (κ2) is 12.5. The number of nitriles is 1. The van der Waals surface area contributed by atoms with E-state index in [0.717, 1.165) is 28.9 Å². The number of amides is 2. The van der Waals surface area contributed by atoms with Gasteiger partial charge < -0.3 is 20.0 Å². The molecule has 12 heteroatoms. The molecule has 1 aromatic heterocycles. The first-order chi connectivity index (χ1) is 19.1. The number of alkyl halides is 3. The zero-order chi connectivity index (χ0) is 28.7. The molecule has 4 rings (SSSR count). The van der Waals surface area contributed by atoms with Crippen LogP contribution in [0, 0.1) is 18.4 Å². The lowest BCUT2D eigenvalue weighted by molar-refractivity contribution is -0.137. The third kappa shape index (κ3) is 7.53. The molecular formula is C28H29F3N6O3. The molecule has 2 aromatic carbocycles. The van der Waals surface area contributed by atoms with Crippen LogP contribution < -0.4 is 16.0 Å². The molecule has 1 fully saturated rings. The molecule has 0 bridgehead atoms. The smallest absolute Gasteiger partial charge is 0.416 e. The van der Waals surface area contributed by atoms with Crippen molar-refractivity contribution in [2.45, 2.75) is 44.8 Å². The molecule has 3 N–H and O–H groups in total. The summed E-state index contributed by atoms with van der Waals surface area (Å²) in [6, 6.07) is 11.4. The van der Waals surface area contributed by atoms with Gasteiger partial charge in [-0.25, -0.2) is 4.99 Å². The second-order valence-electron chi connectivity index (χ2n) is 9.52. The van der Waals surface area contributed by atoms with Gasteiger partial charge in [0.25, 0.3) is 0 Å². The van der Waals surface area contributed by atoms with E-state index in [2.05, 4.69) is 20.9 Å². The number of hydrogen-bond donors (Lipinski definition) is 3. The molecule has 1 saturated heterocycles. The molecule has 0 saturated carbocycles. The summed E-state index contributed by atoms with van der Waals surface area (Å²) in [5, 5.41) is 18.3. The Morgan fingerprint density at radius 3 is 2.80 bits per heavy atom. The fourth-order valence-electron chi connectivity index (χ4n) is 4.54. The van der Waals surface area contributed by atoms with Crippen LogP contribution in [0.15, 0.2) is 57.9 Å². The Labute approximate surface area is 229 Å². The Bertz CT molecular complexity index is 1440. The summed E-state index contributed by atoms with van der Waals surface area (Å²) < 4.78 is 44.4. The molecule has 1 aliphatic rings. The average molecular weight is 555 g/mol. The van der Waals surface area contributed by atoms with Gasteiger partial charge in [-0.05, 0) is 68.5 Å². The van der Waals surface area contributed by atoms with Crippen LogP contribution in [0.4, 0.5) is 18.9 Å². The maximum Gasteiger partial charge on any atom is 0.416 e. The van der Waals surface area contributed by atoms with E-state index >= 15 is 0 Å². The largest absolute Gasteiger partial charge is 0.461 e. The SMILES string of the molecule is Cc1cc2cc(NC(=N[C@H]3CCCCN(CC(=O)NCCc4cccc(C(F)(F)F)c4)C3=O)NC#N)ccc2o1. The number of aryl methyl sites for hydroxylation is 1. The van der Waals surface area contributed by atoms with Gasteiger partial charge in [-0.3, -0.25) is 14.9 Å². The van der Waals surface area contributed by atoms with E-state index in [9.17, 15) is 28.0 Å². The number of carbonyl (C=O) groups is 2. The Morgan fingerprint density at radius 1 is 1.20 bits per heavy atom. The number of anilines is 1. The van der Waals surface area contributed by atoms with E-state index < -0.39 is 23.7 Å². The third-order valence-electron chi connectivity index (χ3n) is 6.44. The minimum absolute atomic E-state index is 0.104. The van der Waals surface area contributed by atoms with Crippen molar-refractivity contribution in [3.8, 4) is 6.19 Å². The van der Waals surface area contributed by atoms with Crippen molar-refractivity contribution >= 4 is 34.4 Å². The van der Waals surface area contributed by atoms with E-state index in [1.807, 2.05) is 25.2 Å². The van der Waals surface area contributed by atoms with Crippen LogP contribution in [0.5, 0.6) is 0 Å². The number of nitrogens with one attached hydrogen (secondary N) is 3. The molecule has 210 valence electrons. The van der Waals surface area contributed by atoms with Crippen LogP contribution in [0.25, 0.3) is 11.0 Å². The zero-order valence-corrected chi connectivity index (χ0v) is 21.8. The molecule has 1 aliphatic heterocycles. The predicted octanol–water partition coefficient (Wildman–Crippen LogP) is 4.34. The number of guanidine groups is 1. The summed E-state index contributed by atoms with van der Waals surface area (Å²) >= 11 is 0. The van der Waals surface area contributed by atoms with Gasteiger partial charge in [-0.1, -0.05) is 18.2 Å². The zero-order valence-electron chi connectivity index (χ0n) is 21.8. The van der Waals surface area contributed by atoms with Crippen molar-refractivity contribution in [2.24, 2.45) is 4.99 Å². The maximum absolute atomic E-state index is 13.3. The van der Waals surface area contributed by atoms with Crippen LogP contribution in [-0.2, 0) is 22.2 Å². The summed E-state index contributed by atoms with van der Waals surface area (Å²) in [6.45, 7) is 2.15. The number of fused-ring (bicyclic) bond motifs is 1. The number of rotatable bonds is 7.